The van der Waals surface area contributed by atoms with E-state index in [1.807, 2.05) is 37.3 Å². The van der Waals surface area contributed by atoms with Crippen LogP contribution in [0.4, 0.5) is 11.4 Å². The average Bonchev–Trinajstić information content (AvgIpc) is 2.39. The fourth-order valence-corrected chi connectivity index (χ4v) is 1.93. The van der Waals surface area contributed by atoms with Gasteiger partial charge in [-0.3, -0.25) is 10.1 Å². The van der Waals surface area contributed by atoms with Crippen LogP contribution in [0.2, 0.25) is 0 Å². The van der Waals surface area contributed by atoms with Crippen molar-refractivity contribution in [3.8, 4) is 0 Å². The summed E-state index contributed by atoms with van der Waals surface area (Å²) in [4.78, 5) is 10.5. The summed E-state index contributed by atoms with van der Waals surface area (Å²) in [7, 11) is 0. The number of anilines is 1. The van der Waals surface area contributed by atoms with Crippen LogP contribution in [0.1, 0.15) is 16.7 Å². The van der Waals surface area contributed by atoms with Crippen LogP contribution < -0.4 is 5.32 Å². The van der Waals surface area contributed by atoms with Crippen LogP contribution >= 0.6 is 0 Å². The lowest BCUT2D eigenvalue weighted by Gasteiger charge is -2.09. The van der Waals surface area contributed by atoms with Crippen LogP contribution in [-0.4, -0.2) is 4.92 Å². The van der Waals surface area contributed by atoms with E-state index >= 15 is 0 Å². The summed E-state index contributed by atoms with van der Waals surface area (Å²) < 4.78 is 0. The second-order valence-corrected chi connectivity index (χ2v) is 4.55. The molecule has 0 aliphatic heterocycles. The molecule has 0 heterocycles. The summed E-state index contributed by atoms with van der Waals surface area (Å²) in [5.41, 5.74) is 3.96. The Hall–Kier alpha value is -2.36. The van der Waals surface area contributed by atoms with Crippen molar-refractivity contribution < 1.29 is 4.92 Å². The molecule has 0 unspecified atom stereocenters. The zero-order valence-electron chi connectivity index (χ0n) is 11.0. The van der Waals surface area contributed by atoms with Gasteiger partial charge in [0, 0.05) is 23.9 Å². The van der Waals surface area contributed by atoms with Gasteiger partial charge in [0.05, 0.1) is 4.92 Å². The summed E-state index contributed by atoms with van der Waals surface area (Å²) >= 11 is 0. The quantitative estimate of drug-likeness (QED) is 0.668. The first-order valence-electron chi connectivity index (χ1n) is 6.11. The van der Waals surface area contributed by atoms with Crippen molar-refractivity contribution in [2.24, 2.45) is 0 Å². The van der Waals surface area contributed by atoms with Crippen LogP contribution in [0.3, 0.4) is 0 Å². The van der Waals surface area contributed by atoms with Crippen LogP contribution in [0.15, 0.2) is 42.5 Å². The summed E-state index contributed by atoms with van der Waals surface area (Å²) in [6, 6.07) is 13.3. The van der Waals surface area contributed by atoms with Crippen LogP contribution in [0.25, 0.3) is 0 Å². The Morgan fingerprint density at radius 1 is 1.11 bits per heavy atom. The number of hydrogen-bond donors (Lipinski definition) is 1. The first kappa shape index (κ1) is 13.1. The molecule has 2 aromatic carbocycles. The predicted molar refractivity (Wildman–Crippen MR) is 76.3 cm³/mol. The maximum Gasteiger partial charge on any atom is 0.272 e. The number of benzene rings is 2. The molecule has 4 heteroatoms. The maximum absolute atomic E-state index is 10.9. The van der Waals surface area contributed by atoms with E-state index in [1.165, 1.54) is 0 Å². The summed E-state index contributed by atoms with van der Waals surface area (Å²) in [5, 5.41) is 14.2. The molecule has 0 aliphatic carbocycles. The molecule has 0 saturated heterocycles. The third-order valence-electron chi connectivity index (χ3n) is 3.10. The maximum atomic E-state index is 10.9. The molecule has 0 saturated carbocycles. The van der Waals surface area contributed by atoms with E-state index in [9.17, 15) is 10.1 Å². The average molecular weight is 256 g/mol. The highest BCUT2D eigenvalue weighted by molar-refractivity contribution is 5.51. The van der Waals surface area contributed by atoms with Gasteiger partial charge in [0.2, 0.25) is 0 Å². The molecule has 2 rings (SSSR count). The molecule has 0 aromatic heterocycles. The molecular weight excluding hydrogens is 240 g/mol. The van der Waals surface area contributed by atoms with Crippen molar-refractivity contribution in [1.82, 2.24) is 0 Å². The SMILES string of the molecule is Cc1ccccc1NCc1ccc(C)c([N+](=O)[O-])c1. The van der Waals surface area contributed by atoms with E-state index in [0.29, 0.717) is 12.1 Å². The van der Waals surface area contributed by atoms with Gasteiger partial charge in [0.15, 0.2) is 0 Å². The van der Waals surface area contributed by atoms with Crippen molar-refractivity contribution in [2.45, 2.75) is 20.4 Å². The van der Waals surface area contributed by atoms with Crippen LogP contribution in [0, 0.1) is 24.0 Å². The molecular formula is C15H16N2O2. The number of nitro groups is 1. The molecule has 2 aromatic rings. The van der Waals surface area contributed by atoms with Gasteiger partial charge in [-0.25, -0.2) is 0 Å². The van der Waals surface area contributed by atoms with Crippen molar-refractivity contribution >= 4 is 11.4 Å². The molecule has 0 radical (unpaired) electrons. The number of nitro benzene ring substituents is 1. The van der Waals surface area contributed by atoms with Crippen molar-refractivity contribution in [1.29, 1.82) is 0 Å². The third-order valence-corrected chi connectivity index (χ3v) is 3.10. The number of para-hydroxylation sites is 1. The van der Waals surface area contributed by atoms with E-state index < -0.39 is 0 Å². The number of nitrogens with zero attached hydrogens (tertiary/aromatic N) is 1. The summed E-state index contributed by atoms with van der Waals surface area (Å²) in [6.45, 7) is 4.35. The first-order valence-corrected chi connectivity index (χ1v) is 6.11. The molecule has 0 fully saturated rings. The van der Waals surface area contributed by atoms with E-state index in [4.69, 9.17) is 0 Å². The fraction of sp³-hybridized carbons (Fsp3) is 0.200. The minimum atomic E-state index is -0.341. The third kappa shape index (κ3) is 3.10. The highest BCUT2D eigenvalue weighted by Crippen LogP contribution is 2.20. The number of nitrogens with one attached hydrogen (secondary N) is 1. The van der Waals surface area contributed by atoms with Gasteiger partial charge in [-0.2, -0.15) is 0 Å². The topological polar surface area (TPSA) is 55.2 Å². The highest BCUT2D eigenvalue weighted by atomic mass is 16.6. The van der Waals surface area contributed by atoms with Crippen molar-refractivity contribution in [3.63, 3.8) is 0 Å². The molecule has 19 heavy (non-hydrogen) atoms. The van der Waals surface area contributed by atoms with Gasteiger partial charge in [0.25, 0.3) is 5.69 Å². The molecule has 0 amide bonds. The molecule has 0 atom stereocenters. The minimum absolute atomic E-state index is 0.170. The Labute approximate surface area is 112 Å². The Morgan fingerprint density at radius 3 is 2.53 bits per heavy atom. The van der Waals surface area contributed by atoms with E-state index in [2.05, 4.69) is 5.32 Å². The van der Waals surface area contributed by atoms with Gasteiger partial charge in [-0.1, -0.05) is 30.3 Å². The predicted octanol–water partition coefficient (Wildman–Crippen LogP) is 3.82. The Balaban J connectivity index is 2.14. The number of rotatable bonds is 4. The smallest absolute Gasteiger partial charge is 0.272 e. The van der Waals surface area contributed by atoms with Crippen LogP contribution in [0.5, 0.6) is 0 Å². The highest BCUT2D eigenvalue weighted by Gasteiger charge is 2.10. The molecule has 0 aliphatic rings. The molecule has 4 nitrogen and oxygen atoms in total. The number of aryl methyl sites for hydroxylation is 2. The summed E-state index contributed by atoms with van der Waals surface area (Å²) in [6.07, 6.45) is 0. The number of hydrogen-bond acceptors (Lipinski definition) is 3. The Kier molecular flexibility index (Phi) is 3.80. The standard InChI is InChI=1S/C15H16N2O2/c1-11-5-3-4-6-14(11)16-10-13-8-7-12(2)15(9-13)17(18)19/h3-9,16H,10H2,1-2H3. The van der Waals surface area contributed by atoms with Crippen LogP contribution in [-0.2, 0) is 6.54 Å². The van der Waals surface area contributed by atoms with Crippen molar-refractivity contribution in [2.75, 3.05) is 5.32 Å². The largest absolute Gasteiger partial charge is 0.381 e. The second-order valence-electron chi connectivity index (χ2n) is 4.55. The van der Waals surface area contributed by atoms with Gasteiger partial charge < -0.3 is 5.32 Å². The van der Waals surface area contributed by atoms with E-state index in [-0.39, 0.29) is 10.6 Å². The van der Waals surface area contributed by atoms with Gasteiger partial charge in [-0.05, 0) is 31.0 Å². The summed E-state index contributed by atoms with van der Waals surface area (Å²) in [5.74, 6) is 0. The first-order chi connectivity index (χ1) is 9.08. The Morgan fingerprint density at radius 2 is 1.84 bits per heavy atom. The molecule has 0 bridgehead atoms. The van der Waals surface area contributed by atoms with E-state index in [0.717, 1.165) is 16.8 Å². The minimum Gasteiger partial charge on any atom is -0.381 e. The lowest BCUT2D eigenvalue weighted by Crippen LogP contribution is -2.02. The van der Waals surface area contributed by atoms with Crippen molar-refractivity contribution in [3.05, 3.63) is 69.3 Å². The monoisotopic (exact) mass is 256 g/mol. The second kappa shape index (κ2) is 5.52. The lowest BCUT2D eigenvalue weighted by molar-refractivity contribution is -0.385. The normalized spacial score (nSPS) is 10.2. The molecule has 1 N–H and O–H groups in total. The zero-order chi connectivity index (χ0) is 13.8. The van der Waals surface area contributed by atoms with Gasteiger partial charge >= 0.3 is 0 Å². The fourth-order valence-electron chi connectivity index (χ4n) is 1.93. The molecule has 0 spiro atoms. The lowest BCUT2D eigenvalue weighted by atomic mass is 10.1. The van der Waals surface area contributed by atoms with Gasteiger partial charge in [0.1, 0.15) is 0 Å². The van der Waals surface area contributed by atoms with E-state index in [1.54, 1.807) is 19.1 Å². The zero-order valence-corrected chi connectivity index (χ0v) is 11.0. The van der Waals surface area contributed by atoms with Gasteiger partial charge in [-0.15, -0.1) is 0 Å². The molecule has 98 valence electrons. The Bertz CT molecular complexity index is 609.